The van der Waals surface area contributed by atoms with E-state index in [-0.39, 0.29) is 0 Å². The Kier molecular flexibility index (Phi) is 2.46. The van der Waals surface area contributed by atoms with Crippen LogP contribution in [0.5, 0.6) is 0 Å². The zero-order valence-electron chi connectivity index (χ0n) is 9.05. The molecule has 0 aliphatic carbocycles. The third-order valence-electron chi connectivity index (χ3n) is 3.29. The number of likely N-dealkylation sites (tertiary alicyclic amines) is 1. The summed E-state index contributed by atoms with van der Waals surface area (Å²) in [5.41, 5.74) is 0.414. The van der Waals surface area contributed by atoms with Crippen LogP contribution in [0.25, 0.3) is 0 Å². The molecule has 0 aromatic carbocycles. The molecule has 17 heavy (non-hydrogen) atoms. The van der Waals surface area contributed by atoms with Crippen LogP contribution in [0.15, 0.2) is 6.20 Å². The van der Waals surface area contributed by atoms with E-state index in [0.29, 0.717) is 16.8 Å². The maximum atomic E-state index is 12.3. The minimum absolute atomic E-state index is 0.414. The van der Waals surface area contributed by atoms with Gasteiger partial charge in [-0.05, 0) is 0 Å². The van der Waals surface area contributed by atoms with Crippen LogP contribution < -0.4 is 5.32 Å². The fraction of sp³-hybridized carbons (Fsp3) is 0.700. The minimum atomic E-state index is -4.31. The summed E-state index contributed by atoms with van der Waals surface area (Å²) >= 11 is 0.750. The number of hydrogen-bond acceptors (Lipinski definition) is 4. The van der Waals surface area contributed by atoms with Crippen LogP contribution in [-0.2, 0) is 12.7 Å². The molecule has 7 heteroatoms. The zero-order valence-corrected chi connectivity index (χ0v) is 9.87. The van der Waals surface area contributed by atoms with Gasteiger partial charge in [0.2, 0.25) is 0 Å². The first-order valence-corrected chi connectivity index (χ1v) is 6.24. The average molecular weight is 263 g/mol. The molecule has 2 fully saturated rings. The number of nitrogens with one attached hydrogen (secondary N) is 1. The lowest BCUT2D eigenvalue weighted by molar-refractivity contribution is -0.137. The van der Waals surface area contributed by atoms with Gasteiger partial charge in [0.15, 0.2) is 5.01 Å². The van der Waals surface area contributed by atoms with Gasteiger partial charge in [-0.25, -0.2) is 4.98 Å². The molecule has 1 N–H and O–H groups in total. The molecule has 3 rings (SSSR count). The highest BCUT2D eigenvalue weighted by Gasteiger charge is 2.47. The summed E-state index contributed by atoms with van der Waals surface area (Å²) in [6.45, 7) is 4.65. The predicted molar refractivity (Wildman–Crippen MR) is 57.7 cm³/mol. The van der Waals surface area contributed by atoms with Crippen LogP contribution in [0.2, 0.25) is 0 Å². The normalized spacial score (nSPS) is 23.5. The Bertz CT molecular complexity index is 417. The number of alkyl halides is 3. The van der Waals surface area contributed by atoms with E-state index < -0.39 is 11.2 Å². The van der Waals surface area contributed by atoms with Gasteiger partial charge in [-0.2, -0.15) is 13.2 Å². The Balaban J connectivity index is 1.57. The van der Waals surface area contributed by atoms with E-state index in [1.807, 2.05) is 0 Å². The van der Waals surface area contributed by atoms with Crippen LogP contribution in [0.4, 0.5) is 13.2 Å². The fourth-order valence-corrected chi connectivity index (χ4v) is 3.27. The van der Waals surface area contributed by atoms with Crippen molar-refractivity contribution in [1.82, 2.24) is 15.2 Å². The first kappa shape index (κ1) is 11.4. The summed E-state index contributed by atoms with van der Waals surface area (Å²) in [7, 11) is 0. The highest BCUT2D eigenvalue weighted by Crippen LogP contribution is 2.37. The number of thiazole rings is 1. The van der Waals surface area contributed by atoms with Gasteiger partial charge in [0.1, 0.15) is 0 Å². The SMILES string of the molecule is FC(F)(F)c1ncc(CN2CC3(CNC3)C2)s1. The van der Waals surface area contributed by atoms with Crippen LogP contribution in [-0.4, -0.2) is 36.1 Å². The van der Waals surface area contributed by atoms with Crippen molar-refractivity contribution in [2.75, 3.05) is 26.2 Å². The van der Waals surface area contributed by atoms with E-state index >= 15 is 0 Å². The summed E-state index contributed by atoms with van der Waals surface area (Å²) in [5, 5.41) is 2.48. The third kappa shape index (κ3) is 2.07. The maximum absolute atomic E-state index is 12.3. The second-order valence-electron chi connectivity index (χ2n) is 4.88. The van der Waals surface area contributed by atoms with Gasteiger partial charge in [-0.3, -0.25) is 4.90 Å². The lowest BCUT2D eigenvalue weighted by atomic mass is 9.74. The second-order valence-corrected chi connectivity index (χ2v) is 5.99. The molecule has 3 nitrogen and oxygen atoms in total. The molecule has 0 radical (unpaired) electrons. The Labute approximate surface area is 101 Å². The summed E-state index contributed by atoms with van der Waals surface area (Å²) < 4.78 is 37.0. The average Bonchev–Trinajstić information content (AvgIpc) is 2.54. The molecule has 1 spiro atoms. The Morgan fingerprint density at radius 2 is 2.12 bits per heavy atom. The molecule has 2 aliphatic rings. The third-order valence-corrected chi connectivity index (χ3v) is 4.32. The quantitative estimate of drug-likeness (QED) is 0.878. The summed E-state index contributed by atoms with van der Waals surface area (Å²) in [6, 6.07) is 0. The Morgan fingerprint density at radius 1 is 1.41 bits per heavy atom. The van der Waals surface area contributed by atoms with Crippen molar-refractivity contribution in [3.8, 4) is 0 Å². The standard InChI is InChI=1S/C10H12F3N3S/c11-10(12,13)8-15-1-7(17-8)2-16-5-9(6-16)3-14-4-9/h1,14H,2-6H2. The number of aromatic nitrogens is 1. The summed E-state index contributed by atoms with van der Waals surface area (Å²) in [4.78, 5) is 6.29. The predicted octanol–water partition coefficient (Wildman–Crippen LogP) is 1.57. The van der Waals surface area contributed by atoms with Gasteiger partial charge in [-0.15, -0.1) is 11.3 Å². The van der Waals surface area contributed by atoms with Gasteiger partial charge < -0.3 is 5.32 Å². The van der Waals surface area contributed by atoms with Gasteiger partial charge in [0.05, 0.1) is 0 Å². The second kappa shape index (κ2) is 3.66. The molecule has 0 amide bonds. The minimum Gasteiger partial charge on any atom is -0.315 e. The molecular weight excluding hydrogens is 251 g/mol. The van der Waals surface area contributed by atoms with Crippen molar-refractivity contribution in [3.63, 3.8) is 0 Å². The van der Waals surface area contributed by atoms with Crippen molar-refractivity contribution in [2.45, 2.75) is 12.7 Å². The van der Waals surface area contributed by atoms with Crippen LogP contribution in [0.3, 0.4) is 0 Å². The van der Waals surface area contributed by atoms with Crippen molar-refractivity contribution < 1.29 is 13.2 Å². The number of halogens is 3. The highest BCUT2D eigenvalue weighted by molar-refractivity contribution is 7.11. The Morgan fingerprint density at radius 3 is 2.59 bits per heavy atom. The Hall–Kier alpha value is -0.660. The molecule has 94 valence electrons. The van der Waals surface area contributed by atoms with Crippen LogP contribution in [0.1, 0.15) is 9.88 Å². The van der Waals surface area contributed by atoms with Crippen LogP contribution >= 0.6 is 11.3 Å². The van der Waals surface area contributed by atoms with Gasteiger partial charge in [0, 0.05) is 49.2 Å². The van der Waals surface area contributed by atoms with Crippen LogP contribution in [0, 0.1) is 5.41 Å². The molecule has 2 aliphatic heterocycles. The molecule has 1 aromatic heterocycles. The highest BCUT2D eigenvalue weighted by atomic mass is 32.1. The van der Waals surface area contributed by atoms with Gasteiger partial charge in [-0.1, -0.05) is 0 Å². The molecule has 0 bridgehead atoms. The van der Waals surface area contributed by atoms with E-state index in [9.17, 15) is 13.2 Å². The molecular formula is C10H12F3N3S. The number of hydrogen-bond donors (Lipinski definition) is 1. The molecule has 0 atom stereocenters. The fourth-order valence-electron chi connectivity index (χ4n) is 2.45. The largest absolute Gasteiger partial charge is 0.443 e. The summed E-state index contributed by atoms with van der Waals surface area (Å²) in [6.07, 6.45) is -2.96. The first-order valence-electron chi connectivity index (χ1n) is 5.42. The van der Waals surface area contributed by atoms with E-state index in [1.165, 1.54) is 6.20 Å². The molecule has 3 heterocycles. The van der Waals surface area contributed by atoms with E-state index in [4.69, 9.17) is 0 Å². The zero-order chi connectivity index (χ0) is 12.1. The van der Waals surface area contributed by atoms with Crippen molar-refractivity contribution in [3.05, 3.63) is 16.1 Å². The maximum Gasteiger partial charge on any atom is 0.443 e. The van der Waals surface area contributed by atoms with E-state index in [0.717, 1.165) is 37.5 Å². The number of rotatable bonds is 2. The molecule has 0 saturated carbocycles. The first-order chi connectivity index (χ1) is 7.97. The van der Waals surface area contributed by atoms with E-state index in [1.54, 1.807) is 0 Å². The van der Waals surface area contributed by atoms with E-state index in [2.05, 4.69) is 15.2 Å². The number of nitrogens with zero attached hydrogens (tertiary/aromatic N) is 2. The molecule has 1 aromatic rings. The van der Waals surface area contributed by atoms with Crippen molar-refractivity contribution >= 4 is 11.3 Å². The monoisotopic (exact) mass is 263 g/mol. The van der Waals surface area contributed by atoms with Gasteiger partial charge in [0.25, 0.3) is 0 Å². The van der Waals surface area contributed by atoms with Crippen molar-refractivity contribution in [1.29, 1.82) is 0 Å². The molecule has 0 unspecified atom stereocenters. The lowest BCUT2D eigenvalue weighted by Crippen LogP contribution is -2.70. The summed E-state index contributed by atoms with van der Waals surface area (Å²) in [5.74, 6) is 0. The van der Waals surface area contributed by atoms with Crippen molar-refractivity contribution in [2.24, 2.45) is 5.41 Å². The smallest absolute Gasteiger partial charge is 0.315 e. The lowest BCUT2D eigenvalue weighted by Gasteiger charge is -2.56. The topological polar surface area (TPSA) is 28.2 Å². The molecule has 2 saturated heterocycles. The van der Waals surface area contributed by atoms with Gasteiger partial charge >= 0.3 is 6.18 Å².